The van der Waals surface area contributed by atoms with Crippen LogP contribution < -0.4 is 21.3 Å². The van der Waals surface area contributed by atoms with Gasteiger partial charge in [0.1, 0.15) is 5.75 Å². The zero-order chi connectivity index (χ0) is 30.4. The molecule has 3 rings (SSSR count). The molecule has 1 N–H and O–H groups in total. The summed E-state index contributed by atoms with van der Waals surface area (Å²) in [7, 11) is 0. The third kappa shape index (κ3) is 9.89. The van der Waals surface area contributed by atoms with Gasteiger partial charge >= 0.3 is 11.7 Å². The summed E-state index contributed by atoms with van der Waals surface area (Å²) in [5.41, 5.74) is 0.215. The van der Waals surface area contributed by atoms with Gasteiger partial charge in [-0.3, -0.25) is 9.36 Å². The number of nitrogens with zero attached hydrogens (tertiary/aromatic N) is 3. The lowest BCUT2D eigenvalue weighted by molar-refractivity contribution is -0.158. The minimum absolute atomic E-state index is 0.204. The van der Waals surface area contributed by atoms with E-state index in [1.54, 1.807) is 20.8 Å². The van der Waals surface area contributed by atoms with E-state index in [1.165, 1.54) is 9.25 Å². The van der Waals surface area contributed by atoms with Gasteiger partial charge in [0.05, 0.1) is 13.2 Å². The summed E-state index contributed by atoms with van der Waals surface area (Å²) in [6.45, 7) is 8.86. The number of esters is 1. The van der Waals surface area contributed by atoms with Crippen LogP contribution in [0.25, 0.3) is 0 Å². The third-order valence-corrected chi connectivity index (χ3v) is 7.00. The maximum absolute atomic E-state index is 13.2. The van der Waals surface area contributed by atoms with E-state index in [4.69, 9.17) is 9.47 Å². The highest BCUT2D eigenvalue weighted by Gasteiger charge is 2.31. The monoisotopic (exact) mass is 578 g/mol. The Labute approximate surface area is 248 Å². The molecule has 0 fully saturated rings. The van der Waals surface area contributed by atoms with Gasteiger partial charge in [-0.2, -0.15) is 0 Å². The normalized spacial score (nSPS) is 11.3. The van der Waals surface area contributed by atoms with Crippen molar-refractivity contribution >= 4 is 11.8 Å². The number of unbranched alkanes of at least 4 members (excludes halogenated alkanes) is 5. The number of anilines is 1. The first kappa shape index (κ1) is 32.6. The van der Waals surface area contributed by atoms with Crippen LogP contribution in [0.1, 0.15) is 83.8 Å². The molecular formula is C33H46N4O5. The minimum Gasteiger partial charge on any atom is -0.476 e. The molecule has 0 aliphatic rings. The van der Waals surface area contributed by atoms with Gasteiger partial charge in [-0.1, -0.05) is 75.1 Å². The fourth-order valence-electron chi connectivity index (χ4n) is 4.67. The van der Waals surface area contributed by atoms with Crippen molar-refractivity contribution in [2.45, 2.75) is 97.8 Å². The Morgan fingerprint density at radius 2 is 1.64 bits per heavy atom. The molecule has 0 bridgehead atoms. The second-order valence-corrected chi connectivity index (χ2v) is 11.0. The van der Waals surface area contributed by atoms with Crippen molar-refractivity contribution in [1.29, 1.82) is 0 Å². The fraction of sp³-hybridized carbons (Fsp3) is 0.515. The molecule has 2 aromatic carbocycles. The van der Waals surface area contributed by atoms with Crippen LogP contribution in [0, 0.1) is 0 Å². The summed E-state index contributed by atoms with van der Waals surface area (Å²) in [6, 6.07) is 17.4. The molecule has 0 amide bonds. The lowest BCUT2D eigenvalue weighted by atomic mass is 10.1. The van der Waals surface area contributed by atoms with Crippen LogP contribution >= 0.6 is 0 Å². The molecule has 9 nitrogen and oxygen atoms in total. The van der Waals surface area contributed by atoms with Gasteiger partial charge in [-0.05, 0) is 69.7 Å². The van der Waals surface area contributed by atoms with E-state index in [0.717, 1.165) is 62.5 Å². The molecule has 0 aliphatic carbocycles. The quantitative estimate of drug-likeness (QED) is 0.155. The molecule has 3 aromatic rings. The van der Waals surface area contributed by atoms with Crippen molar-refractivity contribution < 1.29 is 14.3 Å². The van der Waals surface area contributed by atoms with Crippen molar-refractivity contribution in [3.63, 3.8) is 0 Å². The summed E-state index contributed by atoms with van der Waals surface area (Å²) < 4.78 is 13.7. The average Bonchev–Trinajstić information content (AvgIpc) is 2.97. The smallest absolute Gasteiger partial charge is 0.349 e. The van der Waals surface area contributed by atoms with Crippen molar-refractivity contribution in [2.24, 2.45) is 0 Å². The summed E-state index contributed by atoms with van der Waals surface area (Å²) in [6.07, 6.45) is 7.63. The van der Waals surface area contributed by atoms with Gasteiger partial charge in [-0.15, -0.1) is 5.10 Å². The SMILES string of the molecule is CCCCCCCn1c(=O)c(NCCCCc2cccc(OC(C)(C)C(=O)OCC)c2)nn(Cc2ccccc2)c1=O. The Bertz CT molecular complexity index is 1380. The molecule has 9 heteroatoms. The van der Waals surface area contributed by atoms with Crippen molar-refractivity contribution in [1.82, 2.24) is 14.3 Å². The number of nitrogens with one attached hydrogen (secondary N) is 1. The molecule has 0 saturated carbocycles. The summed E-state index contributed by atoms with van der Waals surface area (Å²) in [5, 5.41) is 7.61. The lowest BCUT2D eigenvalue weighted by Gasteiger charge is -2.24. The number of hydrogen-bond donors (Lipinski definition) is 1. The van der Waals surface area contributed by atoms with Crippen LogP contribution in [0.5, 0.6) is 5.75 Å². The molecule has 1 heterocycles. The highest BCUT2D eigenvalue weighted by Crippen LogP contribution is 2.22. The number of carbonyl (C=O) groups excluding carboxylic acids is 1. The summed E-state index contributed by atoms with van der Waals surface area (Å²) in [4.78, 5) is 38.6. The van der Waals surface area contributed by atoms with Crippen LogP contribution in [0.15, 0.2) is 64.2 Å². The van der Waals surface area contributed by atoms with Crippen molar-refractivity contribution in [3.8, 4) is 5.75 Å². The van der Waals surface area contributed by atoms with Crippen LogP contribution in [0.2, 0.25) is 0 Å². The zero-order valence-corrected chi connectivity index (χ0v) is 25.6. The van der Waals surface area contributed by atoms with Crippen LogP contribution in [-0.2, 0) is 29.0 Å². The Kier molecular flexibility index (Phi) is 12.8. The van der Waals surface area contributed by atoms with Crippen molar-refractivity contribution in [2.75, 3.05) is 18.5 Å². The third-order valence-electron chi connectivity index (χ3n) is 7.00. The molecule has 0 aliphatic heterocycles. The Morgan fingerprint density at radius 1 is 0.905 bits per heavy atom. The van der Waals surface area contributed by atoms with E-state index in [0.29, 0.717) is 32.0 Å². The van der Waals surface area contributed by atoms with Crippen molar-refractivity contribution in [3.05, 3.63) is 86.6 Å². The Morgan fingerprint density at radius 3 is 2.38 bits per heavy atom. The number of rotatable bonds is 18. The number of hydrogen-bond acceptors (Lipinski definition) is 7. The second-order valence-electron chi connectivity index (χ2n) is 11.0. The second kappa shape index (κ2) is 16.5. The molecule has 0 radical (unpaired) electrons. The maximum atomic E-state index is 13.2. The molecule has 228 valence electrons. The van der Waals surface area contributed by atoms with E-state index in [-0.39, 0.29) is 17.1 Å². The van der Waals surface area contributed by atoms with Gasteiger partial charge in [0.15, 0.2) is 5.60 Å². The summed E-state index contributed by atoms with van der Waals surface area (Å²) in [5.74, 6) is 0.417. The van der Waals surface area contributed by atoms with E-state index in [1.807, 2.05) is 54.6 Å². The minimum atomic E-state index is -1.08. The predicted octanol–water partition coefficient (Wildman–Crippen LogP) is 5.58. The fourth-order valence-corrected chi connectivity index (χ4v) is 4.67. The first-order valence-electron chi connectivity index (χ1n) is 15.2. The highest BCUT2D eigenvalue weighted by molar-refractivity contribution is 5.79. The van der Waals surface area contributed by atoms with Gasteiger partial charge < -0.3 is 14.8 Å². The van der Waals surface area contributed by atoms with Crippen LogP contribution in [0.3, 0.4) is 0 Å². The molecule has 42 heavy (non-hydrogen) atoms. The van der Waals surface area contributed by atoms with E-state index in [9.17, 15) is 14.4 Å². The Hall–Kier alpha value is -3.88. The number of benzene rings is 2. The Balaban J connectivity index is 1.62. The molecule has 1 aromatic heterocycles. The average molecular weight is 579 g/mol. The largest absolute Gasteiger partial charge is 0.476 e. The first-order valence-corrected chi connectivity index (χ1v) is 15.2. The number of aromatic nitrogens is 3. The van der Waals surface area contributed by atoms with Crippen LogP contribution in [0.4, 0.5) is 5.82 Å². The first-order chi connectivity index (χ1) is 20.2. The number of aryl methyl sites for hydroxylation is 1. The van der Waals surface area contributed by atoms with E-state index in [2.05, 4.69) is 17.3 Å². The zero-order valence-electron chi connectivity index (χ0n) is 25.6. The van der Waals surface area contributed by atoms with E-state index >= 15 is 0 Å². The molecule has 0 atom stereocenters. The molecular weight excluding hydrogens is 532 g/mol. The van der Waals surface area contributed by atoms with Gasteiger partial charge in [0, 0.05) is 13.1 Å². The van der Waals surface area contributed by atoms with E-state index < -0.39 is 11.6 Å². The van der Waals surface area contributed by atoms with Crippen LogP contribution in [-0.4, -0.2) is 39.1 Å². The number of carbonyl (C=O) groups is 1. The topological polar surface area (TPSA) is 104 Å². The molecule has 0 unspecified atom stereocenters. The molecule has 0 spiro atoms. The lowest BCUT2D eigenvalue weighted by Crippen LogP contribution is -2.43. The predicted molar refractivity (Wildman–Crippen MR) is 166 cm³/mol. The molecule has 0 saturated heterocycles. The van der Waals surface area contributed by atoms with Gasteiger partial charge in [0.25, 0.3) is 5.56 Å². The standard InChI is InChI=1S/C33H46N4O5/c1-5-7-8-9-15-23-36-30(38)29(35-37(32(36)40)25-27-18-11-10-12-19-27)34-22-14-13-17-26-20-16-21-28(24-26)42-33(3,4)31(39)41-6-2/h10-12,16,18-21,24H,5-9,13-15,17,22-23,25H2,1-4H3,(H,34,35). The highest BCUT2D eigenvalue weighted by atomic mass is 16.6. The summed E-state index contributed by atoms with van der Waals surface area (Å²) >= 11 is 0. The van der Waals surface area contributed by atoms with Gasteiger partial charge in [0.2, 0.25) is 5.82 Å². The number of ether oxygens (including phenoxy) is 2. The van der Waals surface area contributed by atoms with Gasteiger partial charge in [-0.25, -0.2) is 14.3 Å². The maximum Gasteiger partial charge on any atom is 0.349 e.